The van der Waals surface area contributed by atoms with E-state index >= 15 is 0 Å². The average Bonchev–Trinajstić information content (AvgIpc) is 3.02. The number of carbonyl (C=O) groups is 2. The highest BCUT2D eigenvalue weighted by atomic mass is 16.5. The number of carboxylic acids is 1. The zero-order valence-corrected chi connectivity index (χ0v) is 11.9. The summed E-state index contributed by atoms with van der Waals surface area (Å²) >= 11 is 0. The van der Waals surface area contributed by atoms with Gasteiger partial charge in [0.05, 0.1) is 6.42 Å². The van der Waals surface area contributed by atoms with E-state index in [0.717, 1.165) is 19.3 Å². The lowest BCUT2D eigenvalue weighted by Gasteiger charge is -2.25. The highest BCUT2D eigenvalue weighted by Gasteiger charge is 2.42. The predicted molar refractivity (Wildman–Crippen MR) is 71.0 cm³/mol. The molecule has 1 saturated carbocycles. The van der Waals surface area contributed by atoms with Gasteiger partial charge in [0.15, 0.2) is 0 Å². The molecule has 1 fully saturated rings. The molecule has 0 saturated heterocycles. The predicted octanol–water partition coefficient (Wildman–Crippen LogP) is 1.36. The number of amides is 2. The second-order valence-electron chi connectivity index (χ2n) is 6.00. The quantitative estimate of drug-likeness (QED) is 0.622. The lowest BCUT2D eigenvalue weighted by Crippen LogP contribution is -2.50. The second kappa shape index (κ2) is 6.23. The number of rotatable bonds is 8. The molecule has 1 aliphatic rings. The third-order valence-electron chi connectivity index (χ3n) is 3.46. The summed E-state index contributed by atoms with van der Waals surface area (Å²) in [6.07, 6.45) is 3.06. The fourth-order valence-electron chi connectivity index (χ4n) is 2.05. The molecule has 1 aliphatic carbocycles. The van der Waals surface area contributed by atoms with Crippen LogP contribution in [0.15, 0.2) is 0 Å². The van der Waals surface area contributed by atoms with Gasteiger partial charge in [0.2, 0.25) is 0 Å². The van der Waals surface area contributed by atoms with Crippen LogP contribution in [0.4, 0.5) is 4.79 Å². The molecule has 0 radical (unpaired) electrons. The van der Waals surface area contributed by atoms with Crippen molar-refractivity contribution in [2.45, 2.75) is 45.1 Å². The first kappa shape index (κ1) is 15.8. The molecule has 0 aromatic heterocycles. The van der Waals surface area contributed by atoms with E-state index in [1.165, 1.54) is 0 Å². The molecule has 0 spiro atoms. The maximum Gasteiger partial charge on any atom is 0.315 e. The van der Waals surface area contributed by atoms with Crippen molar-refractivity contribution in [1.29, 1.82) is 0 Å². The Kier molecular flexibility index (Phi) is 5.17. The molecule has 1 rings (SSSR count). The van der Waals surface area contributed by atoms with Crippen LogP contribution in [0.25, 0.3) is 0 Å². The van der Waals surface area contributed by atoms with Crippen molar-refractivity contribution in [3.63, 3.8) is 0 Å². The first-order valence-electron chi connectivity index (χ1n) is 6.55. The molecule has 3 N–H and O–H groups in total. The number of urea groups is 1. The minimum Gasteiger partial charge on any atom is -0.481 e. The number of aliphatic carboxylic acids is 1. The summed E-state index contributed by atoms with van der Waals surface area (Å²) in [4.78, 5) is 22.4. The van der Waals surface area contributed by atoms with Crippen molar-refractivity contribution < 1.29 is 19.4 Å². The minimum absolute atomic E-state index is 0.102. The van der Waals surface area contributed by atoms with E-state index in [2.05, 4.69) is 10.6 Å². The first-order chi connectivity index (χ1) is 8.79. The Balaban J connectivity index is 2.30. The zero-order valence-electron chi connectivity index (χ0n) is 11.9. The number of nitrogens with one attached hydrogen (secondary N) is 2. The molecular weight excluding hydrogens is 248 g/mol. The largest absolute Gasteiger partial charge is 0.481 e. The van der Waals surface area contributed by atoms with E-state index in [0.29, 0.717) is 13.2 Å². The molecule has 0 aromatic rings. The van der Waals surface area contributed by atoms with Crippen LogP contribution in [0.3, 0.4) is 0 Å². The van der Waals surface area contributed by atoms with Gasteiger partial charge in [0.1, 0.15) is 0 Å². The zero-order chi connectivity index (χ0) is 14.5. The topological polar surface area (TPSA) is 87.7 Å². The van der Waals surface area contributed by atoms with Crippen LogP contribution in [-0.2, 0) is 9.53 Å². The standard InChI is InChI=1S/C13H24N2O4/c1-12(2,8-10(16)17)15-11(18)14-9-13(4-5-13)6-7-19-3/h4-9H2,1-3H3,(H,16,17)(H2,14,15,18). The fraction of sp³-hybridized carbons (Fsp3) is 0.846. The van der Waals surface area contributed by atoms with Gasteiger partial charge in [-0.3, -0.25) is 4.79 Å². The van der Waals surface area contributed by atoms with Crippen LogP contribution in [0.1, 0.15) is 39.5 Å². The Labute approximate surface area is 113 Å². The Bertz CT molecular complexity index is 338. The van der Waals surface area contributed by atoms with Crippen LogP contribution < -0.4 is 10.6 Å². The van der Waals surface area contributed by atoms with Gasteiger partial charge in [0, 0.05) is 25.8 Å². The molecule has 0 aliphatic heterocycles. The number of ether oxygens (including phenoxy) is 1. The van der Waals surface area contributed by atoms with Crippen LogP contribution in [0.2, 0.25) is 0 Å². The van der Waals surface area contributed by atoms with Crippen molar-refractivity contribution in [2.24, 2.45) is 5.41 Å². The Morgan fingerprint density at radius 3 is 2.47 bits per heavy atom. The number of carbonyl (C=O) groups excluding carboxylic acids is 1. The second-order valence-corrected chi connectivity index (χ2v) is 6.00. The first-order valence-corrected chi connectivity index (χ1v) is 6.55. The van der Waals surface area contributed by atoms with Crippen molar-refractivity contribution in [3.05, 3.63) is 0 Å². The smallest absolute Gasteiger partial charge is 0.315 e. The van der Waals surface area contributed by atoms with Crippen molar-refractivity contribution in [2.75, 3.05) is 20.3 Å². The van der Waals surface area contributed by atoms with Crippen LogP contribution in [0.5, 0.6) is 0 Å². The van der Waals surface area contributed by atoms with Gasteiger partial charge >= 0.3 is 12.0 Å². The van der Waals surface area contributed by atoms with Gasteiger partial charge in [0.25, 0.3) is 0 Å². The van der Waals surface area contributed by atoms with E-state index in [-0.39, 0.29) is 17.9 Å². The molecule has 0 aromatic carbocycles. The molecule has 0 atom stereocenters. The summed E-state index contributed by atoms with van der Waals surface area (Å²) in [5, 5.41) is 14.2. The van der Waals surface area contributed by atoms with E-state index in [4.69, 9.17) is 9.84 Å². The third-order valence-corrected chi connectivity index (χ3v) is 3.46. The highest BCUT2D eigenvalue weighted by molar-refractivity contribution is 5.76. The van der Waals surface area contributed by atoms with Crippen molar-refractivity contribution in [3.8, 4) is 0 Å². The summed E-state index contributed by atoms with van der Waals surface area (Å²) in [7, 11) is 1.67. The maximum absolute atomic E-state index is 11.7. The number of hydrogen-bond donors (Lipinski definition) is 3. The molecule has 6 nitrogen and oxygen atoms in total. The van der Waals surface area contributed by atoms with Crippen LogP contribution >= 0.6 is 0 Å². The van der Waals surface area contributed by atoms with Gasteiger partial charge in [-0.1, -0.05) is 0 Å². The van der Waals surface area contributed by atoms with E-state index in [1.54, 1.807) is 21.0 Å². The molecule has 0 heterocycles. The van der Waals surface area contributed by atoms with E-state index in [9.17, 15) is 9.59 Å². The molecule has 19 heavy (non-hydrogen) atoms. The Morgan fingerprint density at radius 2 is 2.00 bits per heavy atom. The fourth-order valence-corrected chi connectivity index (χ4v) is 2.05. The average molecular weight is 272 g/mol. The molecule has 0 unspecified atom stereocenters. The van der Waals surface area contributed by atoms with Gasteiger partial charge in [-0.05, 0) is 38.5 Å². The Morgan fingerprint density at radius 1 is 1.37 bits per heavy atom. The summed E-state index contributed by atoms with van der Waals surface area (Å²) < 4.78 is 5.06. The molecule has 2 amide bonds. The Hall–Kier alpha value is -1.30. The molecule has 0 bridgehead atoms. The van der Waals surface area contributed by atoms with Gasteiger partial charge in [-0.2, -0.15) is 0 Å². The van der Waals surface area contributed by atoms with Crippen molar-refractivity contribution in [1.82, 2.24) is 10.6 Å². The summed E-state index contributed by atoms with van der Waals surface area (Å²) in [5.41, 5.74) is -0.566. The third kappa shape index (κ3) is 5.92. The monoisotopic (exact) mass is 272 g/mol. The number of hydrogen-bond acceptors (Lipinski definition) is 3. The van der Waals surface area contributed by atoms with Crippen LogP contribution in [0, 0.1) is 5.41 Å². The molecule has 6 heteroatoms. The number of methoxy groups -OCH3 is 1. The lowest BCUT2D eigenvalue weighted by molar-refractivity contribution is -0.138. The summed E-state index contributed by atoms with van der Waals surface area (Å²) in [6, 6.07) is -0.310. The van der Waals surface area contributed by atoms with Crippen molar-refractivity contribution >= 4 is 12.0 Å². The van der Waals surface area contributed by atoms with E-state index in [1.807, 2.05) is 0 Å². The van der Waals surface area contributed by atoms with E-state index < -0.39 is 11.5 Å². The van der Waals surface area contributed by atoms with Gasteiger partial charge < -0.3 is 20.5 Å². The van der Waals surface area contributed by atoms with Gasteiger partial charge in [-0.25, -0.2) is 4.79 Å². The number of carboxylic acid groups (broad SMARTS) is 1. The summed E-state index contributed by atoms with van der Waals surface area (Å²) in [5.74, 6) is -0.927. The molecule has 110 valence electrons. The SMILES string of the molecule is COCCC1(CNC(=O)NC(C)(C)CC(=O)O)CC1. The highest BCUT2D eigenvalue weighted by Crippen LogP contribution is 2.48. The maximum atomic E-state index is 11.7. The minimum atomic E-state index is -0.927. The van der Waals surface area contributed by atoms with Crippen LogP contribution in [-0.4, -0.2) is 42.9 Å². The van der Waals surface area contributed by atoms with Gasteiger partial charge in [-0.15, -0.1) is 0 Å². The lowest BCUT2D eigenvalue weighted by atomic mass is 10.0. The summed E-state index contributed by atoms with van der Waals surface area (Å²) in [6.45, 7) is 4.70. The molecular formula is C13H24N2O4. The normalized spacial score (nSPS) is 16.8.